The van der Waals surface area contributed by atoms with E-state index >= 15 is 0 Å². The molecule has 0 aromatic heterocycles. The van der Waals surface area contributed by atoms with Gasteiger partial charge in [-0.25, -0.2) is 4.99 Å². The highest BCUT2D eigenvalue weighted by atomic mass is 127. The maximum atomic E-state index is 5.89. The third kappa shape index (κ3) is 9.09. The van der Waals surface area contributed by atoms with Crippen molar-refractivity contribution in [1.82, 2.24) is 15.5 Å². The number of guanidine groups is 1. The molecular weight excluding hydrogens is 479 g/mol. The van der Waals surface area contributed by atoms with E-state index in [0.29, 0.717) is 25.8 Å². The lowest BCUT2D eigenvalue weighted by Crippen LogP contribution is -2.46. The van der Waals surface area contributed by atoms with Gasteiger partial charge >= 0.3 is 0 Å². The van der Waals surface area contributed by atoms with Gasteiger partial charge in [0, 0.05) is 31.8 Å². The lowest BCUT2D eigenvalue weighted by atomic mass is 10.1. The fraction of sp³-hybridized carbons (Fsp3) is 0.682. The Morgan fingerprint density at radius 1 is 1.17 bits per heavy atom. The zero-order valence-corrected chi connectivity index (χ0v) is 20.8. The van der Waals surface area contributed by atoms with Crippen LogP contribution in [0.1, 0.15) is 44.2 Å². The molecule has 0 aliphatic carbocycles. The van der Waals surface area contributed by atoms with Gasteiger partial charge in [0.25, 0.3) is 0 Å². The highest BCUT2D eigenvalue weighted by Gasteiger charge is 2.20. The molecule has 0 amide bonds. The van der Waals surface area contributed by atoms with Crippen LogP contribution in [0.15, 0.2) is 23.2 Å². The minimum absolute atomic E-state index is 0. The summed E-state index contributed by atoms with van der Waals surface area (Å²) in [5.41, 5.74) is 2.27. The van der Waals surface area contributed by atoms with Crippen LogP contribution in [-0.4, -0.2) is 63.4 Å². The number of ether oxygens (including phenoxy) is 2. The predicted molar refractivity (Wildman–Crippen MR) is 132 cm³/mol. The number of methoxy groups -OCH3 is 1. The van der Waals surface area contributed by atoms with Crippen molar-refractivity contribution < 1.29 is 9.47 Å². The largest absolute Gasteiger partial charge is 0.491 e. The van der Waals surface area contributed by atoms with E-state index in [1.165, 1.54) is 31.5 Å². The molecule has 0 saturated carbocycles. The van der Waals surface area contributed by atoms with E-state index in [-0.39, 0.29) is 24.0 Å². The van der Waals surface area contributed by atoms with Crippen LogP contribution >= 0.6 is 24.0 Å². The summed E-state index contributed by atoms with van der Waals surface area (Å²) in [6.45, 7) is 12.4. The van der Waals surface area contributed by atoms with Gasteiger partial charge in [-0.1, -0.05) is 19.1 Å². The fourth-order valence-corrected chi connectivity index (χ4v) is 3.52. The first-order chi connectivity index (χ1) is 13.7. The first-order valence-corrected chi connectivity index (χ1v) is 10.6. The Hall–Kier alpha value is -1.06. The number of hydrogen-bond donors (Lipinski definition) is 2. The molecule has 1 atom stereocenters. The van der Waals surface area contributed by atoms with E-state index in [9.17, 15) is 0 Å². The number of rotatable bonds is 11. The second-order valence-corrected chi connectivity index (χ2v) is 7.33. The Bertz CT molecular complexity index is 606. The monoisotopic (exact) mass is 518 g/mol. The van der Waals surface area contributed by atoms with Crippen LogP contribution in [0.25, 0.3) is 0 Å². The van der Waals surface area contributed by atoms with Crippen LogP contribution < -0.4 is 15.4 Å². The van der Waals surface area contributed by atoms with E-state index in [1.807, 2.05) is 0 Å². The van der Waals surface area contributed by atoms with Gasteiger partial charge in [0.15, 0.2) is 5.96 Å². The maximum Gasteiger partial charge on any atom is 0.191 e. The Morgan fingerprint density at radius 2 is 1.93 bits per heavy atom. The normalized spacial score (nSPS) is 15.7. The number of benzene rings is 1. The zero-order valence-electron chi connectivity index (χ0n) is 18.5. The number of halogens is 1. The van der Waals surface area contributed by atoms with Gasteiger partial charge in [-0.3, -0.25) is 4.90 Å². The molecular formula is C22H39IN4O2. The van der Waals surface area contributed by atoms with Crippen molar-refractivity contribution in [2.24, 2.45) is 4.99 Å². The molecule has 1 heterocycles. The lowest BCUT2D eigenvalue weighted by Gasteiger charge is -2.27. The highest BCUT2D eigenvalue weighted by Crippen LogP contribution is 2.21. The Balaban J connectivity index is 0.00000420. The molecule has 7 heteroatoms. The molecule has 1 aliphatic rings. The predicted octanol–water partition coefficient (Wildman–Crippen LogP) is 3.57. The SMILES string of the molecule is CCNC(=NCc1ccc(C)cc1OCCOC)NCC(CC)N1CCCC1.I. The molecule has 1 aromatic rings. The molecule has 2 N–H and O–H groups in total. The minimum atomic E-state index is 0. The topological polar surface area (TPSA) is 58.1 Å². The molecule has 29 heavy (non-hydrogen) atoms. The summed E-state index contributed by atoms with van der Waals surface area (Å²) in [7, 11) is 1.69. The van der Waals surface area contributed by atoms with Crippen LogP contribution in [0.5, 0.6) is 5.75 Å². The zero-order chi connectivity index (χ0) is 20.2. The average molecular weight is 518 g/mol. The van der Waals surface area contributed by atoms with Crippen molar-refractivity contribution in [3.8, 4) is 5.75 Å². The molecule has 1 fully saturated rings. The van der Waals surface area contributed by atoms with E-state index in [4.69, 9.17) is 14.5 Å². The number of nitrogens with zero attached hydrogens (tertiary/aromatic N) is 2. The van der Waals surface area contributed by atoms with E-state index in [2.05, 4.69) is 54.5 Å². The minimum Gasteiger partial charge on any atom is -0.491 e. The molecule has 1 unspecified atom stereocenters. The Morgan fingerprint density at radius 3 is 2.59 bits per heavy atom. The summed E-state index contributed by atoms with van der Waals surface area (Å²) in [4.78, 5) is 7.40. The van der Waals surface area contributed by atoms with Crippen molar-refractivity contribution in [2.75, 3.05) is 46.5 Å². The third-order valence-corrected chi connectivity index (χ3v) is 5.15. The molecule has 1 saturated heterocycles. The molecule has 0 radical (unpaired) electrons. The van der Waals surface area contributed by atoms with Crippen LogP contribution in [-0.2, 0) is 11.3 Å². The fourth-order valence-electron chi connectivity index (χ4n) is 3.52. The van der Waals surface area contributed by atoms with Gasteiger partial charge in [-0.15, -0.1) is 24.0 Å². The van der Waals surface area contributed by atoms with E-state index in [0.717, 1.165) is 36.8 Å². The summed E-state index contributed by atoms with van der Waals surface area (Å²) in [6.07, 6.45) is 3.80. The Labute approximate surface area is 193 Å². The second kappa shape index (κ2) is 14.8. The first kappa shape index (κ1) is 26.0. The van der Waals surface area contributed by atoms with Gasteiger partial charge < -0.3 is 20.1 Å². The summed E-state index contributed by atoms with van der Waals surface area (Å²) >= 11 is 0. The van der Waals surface area contributed by atoms with Crippen molar-refractivity contribution in [2.45, 2.75) is 52.6 Å². The van der Waals surface area contributed by atoms with Crippen LogP contribution in [0.3, 0.4) is 0 Å². The van der Waals surface area contributed by atoms with Crippen molar-refractivity contribution in [3.05, 3.63) is 29.3 Å². The molecule has 166 valence electrons. The maximum absolute atomic E-state index is 5.89. The first-order valence-electron chi connectivity index (χ1n) is 10.6. The van der Waals surface area contributed by atoms with Crippen molar-refractivity contribution in [3.63, 3.8) is 0 Å². The summed E-state index contributed by atoms with van der Waals surface area (Å²) < 4.78 is 11.0. The van der Waals surface area contributed by atoms with Gasteiger partial charge in [0.1, 0.15) is 12.4 Å². The third-order valence-electron chi connectivity index (χ3n) is 5.15. The number of aliphatic imine (C=N–C) groups is 1. The smallest absolute Gasteiger partial charge is 0.191 e. The molecule has 0 spiro atoms. The number of likely N-dealkylation sites (tertiary alicyclic amines) is 1. The average Bonchev–Trinajstić information content (AvgIpc) is 3.22. The van der Waals surface area contributed by atoms with Crippen molar-refractivity contribution >= 4 is 29.9 Å². The summed E-state index contributed by atoms with van der Waals surface area (Å²) in [5.74, 6) is 1.75. The quantitative estimate of drug-likeness (QED) is 0.203. The molecule has 1 aromatic carbocycles. The van der Waals surface area contributed by atoms with Crippen LogP contribution in [0, 0.1) is 6.92 Å². The summed E-state index contributed by atoms with van der Waals surface area (Å²) in [6, 6.07) is 6.85. The molecule has 6 nitrogen and oxygen atoms in total. The molecule has 1 aliphatic heterocycles. The highest BCUT2D eigenvalue weighted by molar-refractivity contribution is 14.0. The molecule has 2 rings (SSSR count). The van der Waals surface area contributed by atoms with Gasteiger partial charge in [0.2, 0.25) is 0 Å². The van der Waals surface area contributed by atoms with Gasteiger partial charge in [0.05, 0.1) is 13.2 Å². The van der Waals surface area contributed by atoms with Crippen molar-refractivity contribution in [1.29, 1.82) is 0 Å². The van der Waals surface area contributed by atoms with E-state index < -0.39 is 0 Å². The lowest BCUT2D eigenvalue weighted by molar-refractivity contribution is 0.145. The van der Waals surface area contributed by atoms with E-state index in [1.54, 1.807) is 7.11 Å². The number of nitrogens with one attached hydrogen (secondary N) is 2. The second-order valence-electron chi connectivity index (χ2n) is 7.33. The van der Waals surface area contributed by atoms with Gasteiger partial charge in [-0.2, -0.15) is 0 Å². The van der Waals surface area contributed by atoms with Crippen LogP contribution in [0.4, 0.5) is 0 Å². The standard InChI is InChI=1S/C22H38N4O2.HI/c1-5-20(26-11-7-8-12-26)17-25-22(23-6-2)24-16-19-10-9-18(3)15-21(19)28-14-13-27-4;/h9-10,15,20H,5-8,11-14,16-17H2,1-4H3,(H2,23,24,25);1H. The Kier molecular flexibility index (Phi) is 13.3. The molecule has 0 bridgehead atoms. The number of hydrogen-bond acceptors (Lipinski definition) is 4. The van der Waals surface area contributed by atoms with Crippen LogP contribution in [0.2, 0.25) is 0 Å². The number of aryl methyl sites for hydroxylation is 1. The summed E-state index contributed by atoms with van der Waals surface area (Å²) in [5, 5.41) is 6.90. The van der Waals surface area contributed by atoms with Gasteiger partial charge in [-0.05, 0) is 57.8 Å².